The van der Waals surface area contributed by atoms with E-state index in [1.807, 2.05) is 24.3 Å². The molecule has 27 heavy (non-hydrogen) atoms. The zero-order valence-electron chi connectivity index (χ0n) is 15.4. The Balaban J connectivity index is 1.32. The van der Waals surface area contributed by atoms with Gasteiger partial charge in [-0.05, 0) is 67.7 Å². The highest BCUT2D eigenvalue weighted by molar-refractivity contribution is 7.80. The van der Waals surface area contributed by atoms with Crippen LogP contribution in [0.4, 0.5) is 4.39 Å². The van der Waals surface area contributed by atoms with Crippen LogP contribution < -0.4 is 10.6 Å². The second-order valence-electron chi connectivity index (χ2n) is 7.61. The topological polar surface area (TPSA) is 40.4 Å². The summed E-state index contributed by atoms with van der Waals surface area (Å²) >= 11 is 5.47. The Kier molecular flexibility index (Phi) is 5.74. The monoisotopic (exact) mass is 387 g/mol. The maximum Gasteiger partial charge on any atom is 0.166 e. The van der Waals surface area contributed by atoms with E-state index >= 15 is 0 Å². The molecule has 2 aromatic rings. The van der Waals surface area contributed by atoms with Crippen LogP contribution in [0.3, 0.4) is 0 Å². The number of nitrogens with one attached hydrogen (secondary N) is 2. The van der Waals surface area contributed by atoms with Crippen LogP contribution in [0.15, 0.2) is 47.1 Å². The van der Waals surface area contributed by atoms with Crippen molar-refractivity contribution >= 4 is 17.3 Å². The van der Waals surface area contributed by atoms with Gasteiger partial charge in [0.2, 0.25) is 0 Å². The number of hydrogen-bond acceptors (Lipinski definition) is 3. The summed E-state index contributed by atoms with van der Waals surface area (Å²) in [5.41, 5.74) is 1.19. The van der Waals surface area contributed by atoms with Crippen molar-refractivity contribution in [1.29, 1.82) is 0 Å². The second-order valence-corrected chi connectivity index (χ2v) is 8.02. The molecule has 2 aliphatic rings. The zero-order chi connectivity index (χ0) is 18.6. The fourth-order valence-electron chi connectivity index (χ4n) is 4.47. The molecule has 0 saturated carbocycles. The molecular formula is C21H26FN3OS. The number of piperidine rings is 2. The number of fused-ring (bicyclic) bond motifs is 2. The van der Waals surface area contributed by atoms with E-state index < -0.39 is 0 Å². The van der Waals surface area contributed by atoms with Crippen LogP contribution in [-0.2, 0) is 13.1 Å². The lowest BCUT2D eigenvalue weighted by molar-refractivity contribution is 0.0210. The normalized spacial score (nSPS) is 25.1. The molecule has 1 aromatic heterocycles. The van der Waals surface area contributed by atoms with E-state index in [0.717, 1.165) is 25.1 Å². The van der Waals surface area contributed by atoms with Gasteiger partial charge in [0, 0.05) is 24.7 Å². The summed E-state index contributed by atoms with van der Waals surface area (Å²) in [5.74, 6) is 0.711. The SMILES string of the molecule is Fc1ccc(CN2C3CCCC2CC(NC(=S)NCc2ccco2)C3)cc1. The van der Waals surface area contributed by atoms with Crippen LogP contribution in [0.25, 0.3) is 0 Å². The third-order valence-corrected chi connectivity index (χ3v) is 6.01. The summed E-state index contributed by atoms with van der Waals surface area (Å²) in [6, 6.07) is 12.3. The van der Waals surface area contributed by atoms with E-state index in [1.165, 1.54) is 24.8 Å². The first-order valence-corrected chi connectivity index (χ1v) is 10.1. The van der Waals surface area contributed by atoms with Crippen LogP contribution in [0.2, 0.25) is 0 Å². The zero-order valence-corrected chi connectivity index (χ0v) is 16.2. The van der Waals surface area contributed by atoms with E-state index in [-0.39, 0.29) is 5.82 Å². The summed E-state index contributed by atoms with van der Waals surface area (Å²) in [7, 11) is 0. The summed E-state index contributed by atoms with van der Waals surface area (Å²) in [6.07, 6.45) is 7.61. The van der Waals surface area contributed by atoms with Crippen LogP contribution in [0.5, 0.6) is 0 Å². The molecule has 0 amide bonds. The Hall–Kier alpha value is -1.92. The lowest BCUT2D eigenvalue weighted by Gasteiger charge is -2.49. The largest absolute Gasteiger partial charge is 0.467 e. The van der Waals surface area contributed by atoms with Crippen molar-refractivity contribution in [3.05, 3.63) is 59.8 Å². The first kappa shape index (κ1) is 18.4. The Morgan fingerprint density at radius 2 is 1.89 bits per heavy atom. The van der Waals surface area contributed by atoms with Crippen molar-refractivity contribution in [1.82, 2.24) is 15.5 Å². The fraction of sp³-hybridized carbons (Fsp3) is 0.476. The molecule has 144 valence electrons. The molecule has 1 aromatic carbocycles. The van der Waals surface area contributed by atoms with Gasteiger partial charge in [-0.3, -0.25) is 4.90 Å². The molecule has 2 bridgehead atoms. The van der Waals surface area contributed by atoms with E-state index in [9.17, 15) is 4.39 Å². The van der Waals surface area contributed by atoms with Crippen molar-refractivity contribution in [3.63, 3.8) is 0 Å². The highest BCUT2D eigenvalue weighted by Gasteiger charge is 2.38. The van der Waals surface area contributed by atoms with Gasteiger partial charge in [-0.25, -0.2) is 4.39 Å². The molecule has 4 nitrogen and oxygen atoms in total. The van der Waals surface area contributed by atoms with E-state index in [0.29, 0.717) is 29.8 Å². The predicted molar refractivity (Wildman–Crippen MR) is 108 cm³/mol. The van der Waals surface area contributed by atoms with Crippen molar-refractivity contribution in [2.45, 2.75) is 63.3 Å². The second kappa shape index (κ2) is 8.40. The molecule has 0 aliphatic carbocycles. The molecule has 2 unspecified atom stereocenters. The van der Waals surface area contributed by atoms with Gasteiger partial charge in [-0.2, -0.15) is 0 Å². The lowest BCUT2D eigenvalue weighted by Crippen LogP contribution is -2.57. The highest BCUT2D eigenvalue weighted by atomic mass is 32.1. The number of thiocarbonyl (C=S) groups is 1. The molecule has 4 rings (SSSR count). The van der Waals surface area contributed by atoms with Gasteiger partial charge in [0.15, 0.2) is 5.11 Å². The Morgan fingerprint density at radius 1 is 1.15 bits per heavy atom. The van der Waals surface area contributed by atoms with Gasteiger partial charge in [-0.1, -0.05) is 18.6 Å². The third-order valence-electron chi connectivity index (χ3n) is 5.74. The smallest absolute Gasteiger partial charge is 0.166 e. The average Bonchev–Trinajstić information content (AvgIpc) is 3.16. The van der Waals surface area contributed by atoms with Crippen molar-refractivity contribution in [2.75, 3.05) is 0 Å². The number of halogens is 1. The molecule has 2 aliphatic heterocycles. The molecule has 2 atom stereocenters. The first-order valence-electron chi connectivity index (χ1n) is 9.74. The molecule has 2 N–H and O–H groups in total. The van der Waals surface area contributed by atoms with Gasteiger partial charge in [0.05, 0.1) is 12.8 Å². The minimum absolute atomic E-state index is 0.169. The van der Waals surface area contributed by atoms with Gasteiger partial charge in [0.25, 0.3) is 0 Å². The average molecular weight is 388 g/mol. The van der Waals surface area contributed by atoms with E-state index in [1.54, 1.807) is 18.4 Å². The first-order chi connectivity index (χ1) is 13.2. The standard InChI is InChI=1S/C21H26FN3OS/c22-16-8-6-15(7-9-16)14-25-18-3-1-4-19(25)12-17(11-18)24-21(27)23-13-20-5-2-10-26-20/h2,5-10,17-19H,1,3-4,11-14H2,(H2,23,24,27). The van der Waals surface area contributed by atoms with Gasteiger partial charge in [-0.15, -0.1) is 0 Å². The van der Waals surface area contributed by atoms with Gasteiger partial charge < -0.3 is 15.1 Å². The van der Waals surface area contributed by atoms with E-state index in [2.05, 4.69) is 15.5 Å². The molecular weight excluding hydrogens is 361 g/mol. The summed E-state index contributed by atoms with van der Waals surface area (Å²) in [6.45, 7) is 1.51. The third kappa shape index (κ3) is 4.68. The van der Waals surface area contributed by atoms with Crippen LogP contribution in [-0.4, -0.2) is 28.1 Å². The molecule has 2 fully saturated rings. The van der Waals surface area contributed by atoms with E-state index in [4.69, 9.17) is 16.6 Å². The van der Waals surface area contributed by atoms with Crippen molar-refractivity contribution < 1.29 is 8.81 Å². The maximum absolute atomic E-state index is 13.2. The number of furan rings is 1. The van der Waals surface area contributed by atoms with Crippen LogP contribution >= 0.6 is 12.2 Å². The molecule has 0 radical (unpaired) electrons. The van der Waals surface area contributed by atoms with Crippen molar-refractivity contribution in [2.24, 2.45) is 0 Å². The Morgan fingerprint density at radius 3 is 2.56 bits per heavy atom. The minimum Gasteiger partial charge on any atom is -0.467 e. The molecule has 3 heterocycles. The predicted octanol–water partition coefficient (Wildman–Crippen LogP) is 3.97. The Bertz CT molecular complexity index is 735. The van der Waals surface area contributed by atoms with Crippen LogP contribution in [0.1, 0.15) is 43.4 Å². The summed E-state index contributed by atoms with van der Waals surface area (Å²) in [5, 5.41) is 7.43. The van der Waals surface area contributed by atoms with Crippen LogP contribution in [0, 0.1) is 5.82 Å². The quantitative estimate of drug-likeness (QED) is 0.760. The molecule has 2 saturated heterocycles. The number of benzene rings is 1. The van der Waals surface area contributed by atoms with Crippen molar-refractivity contribution in [3.8, 4) is 0 Å². The fourth-order valence-corrected chi connectivity index (χ4v) is 4.71. The maximum atomic E-state index is 13.2. The molecule has 0 spiro atoms. The minimum atomic E-state index is -0.169. The van der Waals surface area contributed by atoms with Gasteiger partial charge in [0.1, 0.15) is 11.6 Å². The number of nitrogens with zero attached hydrogens (tertiary/aromatic N) is 1. The lowest BCUT2D eigenvalue weighted by atomic mass is 9.81. The number of hydrogen-bond donors (Lipinski definition) is 2. The van der Waals surface area contributed by atoms with Gasteiger partial charge >= 0.3 is 0 Å². The Labute approximate surface area is 165 Å². The summed E-state index contributed by atoms with van der Waals surface area (Å²) in [4.78, 5) is 2.62. The number of rotatable bonds is 5. The highest BCUT2D eigenvalue weighted by Crippen LogP contribution is 2.35. The molecule has 6 heteroatoms. The summed E-state index contributed by atoms with van der Waals surface area (Å²) < 4.78 is 18.5.